The molecule has 1 saturated heterocycles. The number of hydrogen-bond donors (Lipinski definition) is 1. The van der Waals surface area contributed by atoms with Gasteiger partial charge in [-0.3, -0.25) is 4.79 Å². The van der Waals surface area contributed by atoms with E-state index in [-0.39, 0.29) is 11.5 Å². The summed E-state index contributed by atoms with van der Waals surface area (Å²) in [5, 5.41) is 2.58. The average molecular weight is 380 g/mol. The number of carbonyl (C=O) groups excluding carboxylic acids is 2. The summed E-state index contributed by atoms with van der Waals surface area (Å²) in [6.07, 6.45) is 5.80. The van der Waals surface area contributed by atoms with Crippen LogP contribution < -0.4 is 5.32 Å². The van der Waals surface area contributed by atoms with E-state index in [9.17, 15) is 18.0 Å². The molecule has 1 atom stereocenters. The molecule has 1 saturated carbocycles. The van der Waals surface area contributed by atoms with E-state index >= 15 is 0 Å². The van der Waals surface area contributed by atoms with E-state index in [4.69, 9.17) is 4.74 Å². The lowest BCUT2D eigenvalue weighted by atomic mass is 10.2. The van der Waals surface area contributed by atoms with Crippen LogP contribution in [-0.2, 0) is 24.2 Å². The second-order valence-electron chi connectivity index (χ2n) is 7.04. The van der Waals surface area contributed by atoms with Gasteiger partial charge in [-0.05, 0) is 50.8 Å². The Labute approximate surface area is 153 Å². The summed E-state index contributed by atoms with van der Waals surface area (Å²) in [5.74, 6) is -1.06. The van der Waals surface area contributed by atoms with Gasteiger partial charge < -0.3 is 14.6 Å². The van der Waals surface area contributed by atoms with Gasteiger partial charge in [-0.1, -0.05) is 0 Å². The highest BCUT2D eigenvalue weighted by molar-refractivity contribution is 7.91. The number of nitrogens with one attached hydrogen (secondary N) is 1. The number of rotatable bonds is 6. The monoisotopic (exact) mass is 380 g/mol. The number of aryl methyl sites for hydroxylation is 1. The smallest absolute Gasteiger partial charge is 0.331 e. The van der Waals surface area contributed by atoms with Gasteiger partial charge in [0.25, 0.3) is 5.91 Å². The van der Waals surface area contributed by atoms with Crippen molar-refractivity contribution in [1.29, 1.82) is 0 Å². The zero-order valence-electron chi connectivity index (χ0n) is 15.0. The summed E-state index contributed by atoms with van der Waals surface area (Å²) in [7, 11) is -3.05. The van der Waals surface area contributed by atoms with Crippen LogP contribution >= 0.6 is 0 Å². The maximum absolute atomic E-state index is 11.8. The zero-order chi connectivity index (χ0) is 18.9. The van der Waals surface area contributed by atoms with Crippen molar-refractivity contribution in [2.75, 3.05) is 18.1 Å². The fourth-order valence-electron chi connectivity index (χ4n) is 3.39. The van der Waals surface area contributed by atoms with E-state index in [0.717, 1.165) is 11.3 Å². The van der Waals surface area contributed by atoms with E-state index in [1.807, 2.05) is 13.0 Å². The molecule has 3 rings (SSSR count). The van der Waals surface area contributed by atoms with E-state index in [2.05, 4.69) is 16.8 Å². The minimum atomic E-state index is -3.05. The third-order valence-corrected chi connectivity index (χ3v) is 6.55. The lowest BCUT2D eigenvalue weighted by molar-refractivity contribution is -0.143. The van der Waals surface area contributed by atoms with Crippen LogP contribution in [0.5, 0.6) is 0 Å². The third-order valence-electron chi connectivity index (χ3n) is 4.78. The van der Waals surface area contributed by atoms with Gasteiger partial charge in [0, 0.05) is 29.5 Å². The molecule has 0 spiro atoms. The number of sulfone groups is 1. The molecule has 0 bridgehead atoms. The minimum absolute atomic E-state index is 0.0524. The van der Waals surface area contributed by atoms with E-state index in [1.54, 1.807) is 6.08 Å². The Kier molecular flexibility index (Phi) is 5.22. The van der Waals surface area contributed by atoms with Gasteiger partial charge in [0.2, 0.25) is 0 Å². The average Bonchev–Trinajstić information content (AvgIpc) is 3.27. The molecular formula is C18H24N2O5S. The van der Waals surface area contributed by atoms with Gasteiger partial charge >= 0.3 is 5.97 Å². The summed E-state index contributed by atoms with van der Waals surface area (Å²) >= 11 is 0. The Bertz CT molecular complexity index is 849. The molecule has 1 aliphatic carbocycles. The fourth-order valence-corrected chi connectivity index (χ4v) is 5.06. The predicted octanol–water partition coefficient (Wildman–Crippen LogP) is 1.30. The van der Waals surface area contributed by atoms with Crippen molar-refractivity contribution in [1.82, 2.24) is 9.88 Å². The topological polar surface area (TPSA) is 94.5 Å². The van der Waals surface area contributed by atoms with Crippen molar-refractivity contribution in [3.05, 3.63) is 29.1 Å². The number of amides is 1. The molecule has 1 amide bonds. The van der Waals surface area contributed by atoms with Crippen LogP contribution in [0.2, 0.25) is 0 Å². The minimum Gasteiger partial charge on any atom is -0.452 e. The highest BCUT2D eigenvalue weighted by atomic mass is 32.2. The summed E-state index contributed by atoms with van der Waals surface area (Å²) in [5.41, 5.74) is 3.25. The van der Waals surface area contributed by atoms with Gasteiger partial charge in [0.15, 0.2) is 16.4 Å². The molecule has 0 radical (unpaired) electrons. The molecule has 2 aliphatic rings. The largest absolute Gasteiger partial charge is 0.452 e. The van der Waals surface area contributed by atoms with Crippen LogP contribution in [-0.4, -0.2) is 49.0 Å². The van der Waals surface area contributed by atoms with Crippen molar-refractivity contribution >= 4 is 27.8 Å². The molecule has 0 unspecified atom stereocenters. The SMILES string of the molecule is Cc1cc(/C=C/C(=O)OCC(=O)N[C@@H]2CCS(=O)(=O)C2)c(C)n1C1CC1. The van der Waals surface area contributed by atoms with Crippen molar-refractivity contribution in [3.63, 3.8) is 0 Å². The Morgan fingerprint density at radius 3 is 2.65 bits per heavy atom. The molecule has 2 fully saturated rings. The van der Waals surface area contributed by atoms with Gasteiger partial charge in [-0.25, -0.2) is 13.2 Å². The lowest BCUT2D eigenvalue weighted by Gasteiger charge is -2.10. The van der Waals surface area contributed by atoms with Crippen molar-refractivity contribution in [3.8, 4) is 0 Å². The van der Waals surface area contributed by atoms with Crippen molar-refractivity contribution in [2.24, 2.45) is 0 Å². The van der Waals surface area contributed by atoms with Crippen LogP contribution in [0.15, 0.2) is 12.1 Å². The summed E-state index contributed by atoms with van der Waals surface area (Å²) < 4.78 is 29.9. The van der Waals surface area contributed by atoms with E-state index in [1.165, 1.54) is 24.6 Å². The molecule has 26 heavy (non-hydrogen) atoms. The predicted molar refractivity (Wildman–Crippen MR) is 97.4 cm³/mol. The summed E-state index contributed by atoms with van der Waals surface area (Å²) in [6, 6.07) is 2.21. The van der Waals surface area contributed by atoms with Crippen LogP contribution in [0, 0.1) is 13.8 Å². The molecule has 2 heterocycles. The molecule has 1 aromatic heterocycles. The Hall–Kier alpha value is -2.09. The molecule has 7 nitrogen and oxygen atoms in total. The number of hydrogen-bond acceptors (Lipinski definition) is 5. The van der Waals surface area contributed by atoms with Crippen LogP contribution in [0.3, 0.4) is 0 Å². The molecule has 0 aromatic carbocycles. The summed E-state index contributed by atoms with van der Waals surface area (Å²) in [4.78, 5) is 23.6. The second kappa shape index (κ2) is 7.26. The van der Waals surface area contributed by atoms with Crippen LogP contribution in [0.25, 0.3) is 6.08 Å². The Morgan fingerprint density at radius 1 is 1.31 bits per heavy atom. The van der Waals surface area contributed by atoms with Crippen LogP contribution in [0.4, 0.5) is 0 Å². The number of carbonyl (C=O) groups is 2. The number of aromatic nitrogens is 1. The van der Waals surface area contributed by atoms with Crippen LogP contribution in [0.1, 0.15) is 42.3 Å². The number of ether oxygens (including phenoxy) is 1. The van der Waals surface area contributed by atoms with Gasteiger partial charge in [0.05, 0.1) is 11.5 Å². The normalized spacial score (nSPS) is 21.8. The first-order valence-electron chi connectivity index (χ1n) is 8.78. The first-order valence-corrected chi connectivity index (χ1v) is 10.6. The first-order chi connectivity index (χ1) is 12.2. The Morgan fingerprint density at radius 2 is 2.04 bits per heavy atom. The molecule has 8 heteroatoms. The summed E-state index contributed by atoms with van der Waals surface area (Å²) in [6.45, 7) is 3.66. The molecular weight excluding hydrogens is 356 g/mol. The standard InChI is InChI=1S/C18H24N2O5S/c1-12-9-14(13(2)20(12)16-4-5-16)3-6-18(22)25-10-17(21)19-15-7-8-26(23,24)11-15/h3,6,9,15-16H,4-5,7-8,10-11H2,1-2H3,(H,19,21)/b6-3+/t15-/m1/s1. The highest BCUT2D eigenvalue weighted by Gasteiger charge is 2.29. The zero-order valence-corrected chi connectivity index (χ0v) is 15.8. The quantitative estimate of drug-likeness (QED) is 0.593. The first kappa shape index (κ1) is 18.7. The molecule has 1 N–H and O–H groups in total. The molecule has 1 aromatic rings. The number of nitrogens with zero attached hydrogens (tertiary/aromatic N) is 1. The van der Waals surface area contributed by atoms with E-state index < -0.39 is 34.4 Å². The Balaban J connectivity index is 1.47. The number of esters is 1. The highest BCUT2D eigenvalue weighted by Crippen LogP contribution is 2.38. The maximum atomic E-state index is 11.8. The van der Waals surface area contributed by atoms with Gasteiger partial charge in [0.1, 0.15) is 0 Å². The molecule has 142 valence electrons. The van der Waals surface area contributed by atoms with Crippen molar-refractivity contribution < 1.29 is 22.7 Å². The fraction of sp³-hybridized carbons (Fsp3) is 0.556. The third kappa shape index (κ3) is 4.55. The van der Waals surface area contributed by atoms with E-state index in [0.29, 0.717) is 12.5 Å². The van der Waals surface area contributed by atoms with Gasteiger partial charge in [-0.15, -0.1) is 0 Å². The van der Waals surface area contributed by atoms with Gasteiger partial charge in [-0.2, -0.15) is 0 Å². The second-order valence-corrected chi connectivity index (χ2v) is 9.26. The van der Waals surface area contributed by atoms with Crippen molar-refractivity contribution in [2.45, 2.75) is 45.2 Å². The molecule has 1 aliphatic heterocycles. The lowest BCUT2D eigenvalue weighted by Crippen LogP contribution is -2.38. The maximum Gasteiger partial charge on any atom is 0.331 e.